The number of nitrogens with zero attached hydrogens (tertiary/aromatic N) is 3. The summed E-state index contributed by atoms with van der Waals surface area (Å²) in [4.78, 5) is 22.9. The number of rotatable bonds is 6. The number of piperidine rings is 1. The van der Waals surface area contributed by atoms with Gasteiger partial charge in [-0.15, -0.1) is 0 Å². The van der Waals surface area contributed by atoms with Crippen LogP contribution < -0.4 is 15.5 Å². The van der Waals surface area contributed by atoms with Gasteiger partial charge in [0.25, 0.3) is 0 Å². The van der Waals surface area contributed by atoms with E-state index >= 15 is 0 Å². The van der Waals surface area contributed by atoms with Crippen molar-refractivity contribution in [3.63, 3.8) is 0 Å². The summed E-state index contributed by atoms with van der Waals surface area (Å²) in [6.45, 7) is 3.99. The lowest BCUT2D eigenvalue weighted by Gasteiger charge is -2.32. The summed E-state index contributed by atoms with van der Waals surface area (Å²) in [7, 11) is 0. The lowest BCUT2D eigenvalue weighted by Crippen LogP contribution is -2.37. The molecule has 1 fully saturated rings. The summed E-state index contributed by atoms with van der Waals surface area (Å²) in [5.74, 6) is 1.56. The van der Waals surface area contributed by atoms with Crippen molar-refractivity contribution in [1.29, 1.82) is 0 Å². The van der Waals surface area contributed by atoms with Crippen molar-refractivity contribution in [3.8, 4) is 0 Å². The van der Waals surface area contributed by atoms with Crippen molar-refractivity contribution >= 4 is 39.2 Å². The molecule has 1 aromatic heterocycles. The topological polar surface area (TPSA) is 90.4 Å². The van der Waals surface area contributed by atoms with Crippen LogP contribution in [-0.4, -0.2) is 47.2 Å². The van der Waals surface area contributed by atoms with Crippen molar-refractivity contribution < 1.29 is 9.90 Å². The van der Waals surface area contributed by atoms with Crippen LogP contribution in [0.4, 0.5) is 17.3 Å². The average molecular weight is 434 g/mol. The number of amides is 1. The van der Waals surface area contributed by atoms with Gasteiger partial charge in [-0.1, -0.05) is 15.9 Å². The summed E-state index contributed by atoms with van der Waals surface area (Å²) in [6, 6.07) is 7.52. The molecule has 3 rings (SSSR count). The number of hydrogen-bond donors (Lipinski definition) is 3. The standard InChI is InChI=1S/C19H24BrN5O2/c1-13-7-15(4-5-16(13)20)24-19(27)9-21-17-8-18(23-12-22-17)25-6-2-3-14(10-25)11-26/h4-5,7-8,12,14,26H,2-3,6,9-11H2,1H3,(H,24,27)(H,21,22,23). The van der Waals surface area contributed by atoms with E-state index in [1.807, 2.05) is 31.2 Å². The highest BCUT2D eigenvalue weighted by Crippen LogP contribution is 2.22. The molecule has 3 N–H and O–H groups in total. The molecule has 2 aromatic rings. The van der Waals surface area contributed by atoms with Crippen molar-refractivity contribution in [1.82, 2.24) is 9.97 Å². The van der Waals surface area contributed by atoms with Gasteiger partial charge in [-0.2, -0.15) is 0 Å². The molecule has 1 amide bonds. The molecule has 27 heavy (non-hydrogen) atoms. The first kappa shape index (κ1) is 19.6. The third-order valence-corrected chi connectivity index (χ3v) is 5.52. The van der Waals surface area contributed by atoms with E-state index in [-0.39, 0.29) is 25.0 Å². The predicted octanol–water partition coefficient (Wildman–Crippen LogP) is 2.81. The monoisotopic (exact) mass is 433 g/mol. The van der Waals surface area contributed by atoms with Gasteiger partial charge in [-0.3, -0.25) is 4.79 Å². The molecule has 0 saturated carbocycles. The SMILES string of the molecule is Cc1cc(NC(=O)CNc2cc(N3CCCC(CO)C3)ncn2)ccc1Br. The highest BCUT2D eigenvalue weighted by molar-refractivity contribution is 9.10. The Morgan fingerprint density at radius 3 is 3.00 bits per heavy atom. The Labute approximate surface area is 167 Å². The molecule has 1 unspecified atom stereocenters. The van der Waals surface area contributed by atoms with Crippen LogP contribution >= 0.6 is 15.9 Å². The lowest BCUT2D eigenvalue weighted by molar-refractivity contribution is -0.114. The highest BCUT2D eigenvalue weighted by Gasteiger charge is 2.20. The minimum atomic E-state index is -0.143. The van der Waals surface area contributed by atoms with Crippen LogP contribution in [0.3, 0.4) is 0 Å². The number of hydrogen-bond acceptors (Lipinski definition) is 6. The summed E-state index contributed by atoms with van der Waals surface area (Å²) >= 11 is 3.45. The second-order valence-electron chi connectivity index (χ2n) is 6.76. The molecular weight excluding hydrogens is 410 g/mol. The number of halogens is 1. The van der Waals surface area contributed by atoms with Crippen molar-refractivity contribution in [3.05, 3.63) is 40.6 Å². The van der Waals surface area contributed by atoms with Crippen LogP contribution in [0.15, 0.2) is 35.1 Å². The van der Waals surface area contributed by atoms with Gasteiger partial charge < -0.3 is 20.6 Å². The quantitative estimate of drug-likeness (QED) is 0.648. The second-order valence-corrected chi connectivity index (χ2v) is 7.62. The minimum Gasteiger partial charge on any atom is -0.396 e. The zero-order valence-corrected chi connectivity index (χ0v) is 16.9. The van der Waals surface area contributed by atoms with E-state index < -0.39 is 0 Å². The number of carbonyl (C=O) groups excluding carboxylic acids is 1. The molecular formula is C19H24BrN5O2. The van der Waals surface area contributed by atoms with E-state index in [1.54, 1.807) is 0 Å². The van der Waals surface area contributed by atoms with E-state index in [0.29, 0.717) is 5.82 Å². The maximum Gasteiger partial charge on any atom is 0.243 e. The molecule has 1 saturated heterocycles. The van der Waals surface area contributed by atoms with E-state index in [4.69, 9.17) is 0 Å². The van der Waals surface area contributed by atoms with Gasteiger partial charge in [0.05, 0.1) is 6.54 Å². The molecule has 0 aliphatic carbocycles. The fourth-order valence-corrected chi connectivity index (χ4v) is 3.38. The Morgan fingerprint density at radius 1 is 1.37 bits per heavy atom. The van der Waals surface area contributed by atoms with Crippen LogP contribution in [0.2, 0.25) is 0 Å². The molecule has 1 atom stereocenters. The van der Waals surface area contributed by atoms with Crippen LogP contribution in [-0.2, 0) is 4.79 Å². The fraction of sp³-hybridized carbons (Fsp3) is 0.421. The average Bonchev–Trinajstić information content (AvgIpc) is 2.69. The first-order valence-corrected chi connectivity index (χ1v) is 9.82. The van der Waals surface area contributed by atoms with Gasteiger partial charge in [0, 0.05) is 35.9 Å². The molecule has 0 spiro atoms. The van der Waals surface area contributed by atoms with Crippen molar-refractivity contribution in [2.45, 2.75) is 19.8 Å². The Balaban J connectivity index is 1.56. The molecule has 2 heterocycles. The summed E-state index contributed by atoms with van der Waals surface area (Å²) in [5, 5.41) is 15.3. The number of aryl methyl sites for hydroxylation is 1. The zero-order valence-electron chi connectivity index (χ0n) is 15.3. The zero-order chi connectivity index (χ0) is 19.2. The Hall–Kier alpha value is -2.19. The fourth-order valence-electron chi connectivity index (χ4n) is 3.14. The normalized spacial score (nSPS) is 16.9. The lowest BCUT2D eigenvalue weighted by atomic mass is 9.99. The number of aromatic nitrogens is 2. The third kappa shape index (κ3) is 5.40. The molecule has 144 valence electrons. The van der Waals surface area contributed by atoms with Crippen molar-refractivity contribution in [2.24, 2.45) is 5.92 Å². The molecule has 0 bridgehead atoms. The van der Waals surface area contributed by atoms with E-state index in [2.05, 4.69) is 41.4 Å². The van der Waals surface area contributed by atoms with Gasteiger partial charge >= 0.3 is 0 Å². The van der Waals surface area contributed by atoms with E-state index in [1.165, 1.54) is 6.33 Å². The number of nitrogens with one attached hydrogen (secondary N) is 2. The Bertz CT molecular complexity index is 801. The first-order valence-electron chi connectivity index (χ1n) is 9.03. The van der Waals surface area contributed by atoms with Gasteiger partial charge in [-0.05, 0) is 49.4 Å². The largest absolute Gasteiger partial charge is 0.396 e. The molecule has 1 aromatic carbocycles. The van der Waals surface area contributed by atoms with Crippen LogP contribution in [0.1, 0.15) is 18.4 Å². The van der Waals surface area contributed by atoms with Gasteiger partial charge in [-0.25, -0.2) is 9.97 Å². The van der Waals surface area contributed by atoms with Crippen molar-refractivity contribution in [2.75, 3.05) is 41.8 Å². The van der Waals surface area contributed by atoms with Crippen LogP contribution in [0.5, 0.6) is 0 Å². The number of benzene rings is 1. The first-order chi connectivity index (χ1) is 13.0. The molecule has 7 nitrogen and oxygen atoms in total. The van der Waals surface area contributed by atoms with E-state index in [9.17, 15) is 9.90 Å². The Morgan fingerprint density at radius 2 is 2.22 bits per heavy atom. The summed E-state index contributed by atoms with van der Waals surface area (Å²) in [6.07, 6.45) is 3.57. The third-order valence-electron chi connectivity index (χ3n) is 4.63. The van der Waals surface area contributed by atoms with E-state index in [0.717, 1.165) is 47.5 Å². The van der Waals surface area contributed by atoms with Gasteiger partial charge in [0.15, 0.2) is 0 Å². The molecule has 1 aliphatic rings. The highest BCUT2D eigenvalue weighted by atomic mass is 79.9. The Kier molecular flexibility index (Phi) is 6.63. The molecule has 0 radical (unpaired) electrons. The van der Waals surface area contributed by atoms with Gasteiger partial charge in [0.2, 0.25) is 5.91 Å². The number of carbonyl (C=O) groups is 1. The molecule has 8 heteroatoms. The molecule has 1 aliphatic heterocycles. The maximum absolute atomic E-state index is 12.2. The second kappa shape index (κ2) is 9.14. The van der Waals surface area contributed by atoms with Crippen LogP contribution in [0.25, 0.3) is 0 Å². The summed E-state index contributed by atoms with van der Waals surface area (Å²) < 4.78 is 1.01. The smallest absolute Gasteiger partial charge is 0.243 e. The minimum absolute atomic E-state index is 0.116. The number of anilines is 3. The van der Waals surface area contributed by atoms with Crippen LogP contribution in [0, 0.1) is 12.8 Å². The summed E-state index contributed by atoms with van der Waals surface area (Å²) in [5.41, 5.74) is 1.82. The number of aliphatic hydroxyl groups excluding tert-OH is 1. The number of aliphatic hydroxyl groups is 1. The maximum atomic E-state index is 12.2. The van der Waals surface area contributed by atoms with Gasteiger partial charge in [0.1, 0.15) is 18.0 Å². The predicted molar refractivity (Wildman–Crippen MR) is 110 cm³/mol.